The van der Waals surface area contributed by atoms with E-state index in [1.807, 2.05) is 0 Å². The number of hydrogen-bond donors (Lipinski definition) is 3. The molecule has 8 nitrogen and oxygen atoms in total. The first kappa shape index (κ1) is 17.9. The topological polar surface area (TPSA) is 121 Å². The van der Waals surface area contributed by atoms with Crippen molar-refractivity contribution in [3.8, 4) is 0 Å². The number of benzene rings is 1. The van der Waals surface area contributed by atoms with Crippen LogP contribution in [-0.4, -0.2) is 32.3 Å². The molecule has 1 aromatic heterocycles. The Hall–Kier alpha value is -2.90. The van der Waals surface area contributed by atoms with Crippen molar-refractivity contribution >= 4 is 22.6 Å². The van der Waals surface area contributed by atoms with Crippen LogP contribution in [0, 0.1) is 0 Å². The number of carbonyl (C=O) groups excluding carboxylic acids is 1. The van der Waals surface area contributed by atoms with Gasteiger partial charge in [0.25, 0.3) is 11.1 Å². The van der Waals surface area contributed by atoms with Gasteiger partial charge in [-0.25, -0.2) is 4.68 Å². The van der Waals surface area contributed by atoms with Crippen LogP contribution in [0.1, 0.15) is 38.5 Å². The molecule has 1 fully saturated rings. The quantitative estimate of drug-likeness (QED) is 0.710. The fraction of sp³-hybridized carbons (Fsp3) is 0.444. The number of carboxylic acids is 1. The summed E-state index contributed by atoms with van der Waals surface area (Å²) in [7, 11) is 0. The molecule has 0 radical (unpaired) electrons. The van der Waals surface area contributed by atoms with Gasteiger partial charge >= 0.3 is 5.97 Å². The minimum atomic E-state index is -0.942. The van der Waals surface area contributed by atoms with Gasteiger partial charge in [-0.05, 0) is 25.0 Å². The van der Waals surface area contributed by atoms with E-state index in [0.717, 1.165) is 17.5 Å². The summed E-state index contributed by atoms with van der Waals surface area (Å²) in [5.41, 5.74) is -1.46. The summed E-state index contributed by atoms with van der Waals surface area (Å²) in [5, 5.41) is 15.0. The first-order valence-electron chi connectivity index (χ1n) is 8.65. The van der Waals surface area contributed by atoms with Crippen LogP contribution in [0.25, 0.3) is 10.8 Å². The summed E-state index contributed by atoms with van der Waals surface area (Å²) in [6.07, 6.45) is 2.91. The Morgan fingerprint density at radius 2 is 1.81 bits per heavy atom. The van der Waals surface area contributed by atoms with Gasteiger partial charge in [-0.3, -0.25) is 24.3 Å². The molecule has 26 heavy (non-hydrogen) atoms. The van der Waals surface area contributed by atoms with E-state index < -0.39 is 17.1 Å². The number of carbonyl (C=O) groups is 2. The molecule has 138 valence electrons. The number of carboxylic acid groups (broad SMARTS) is 1. The highest BCUT2D eigenvalue weighted by Gasteiger charge is 2.37. The molecule has 0 atom stereocenters. The van der Waals surface area contributed by atoms with Gasteiger partial charge in [0.2, 0.25) is 5.91 Å². The Bertz CT molecular complexity index is 953. The minimum Gasteiger partial charge on any atom is -0.481 e. The number of aromatic nitrogens is 2. The van der Waals surface area contributed by atoms with Crippen LogP contribution in [0.5, 0.6) is 0 Å². The first-order valence-corrected chi connectivity index (χ1v) is 8.65. The highest BCUT2D eigenvalue weighted by Crippen LogP contribution is 2.32. The van der Waals surface area contributed by atoms with Gasteiger partial charge in [0.15, 0.2) is 0 Å². The molecule has 2 aromatic rings. The lowest BCUT2D eigenvalue weighted by Gasteiger charge is -2.28. The Morgan fingerprint density at radius 3 is 2.46 bits per heavy atom. The predicted octanol–water partition coefficient (Wildman–Crippen LogP) is 0.984. The van der Waals surface area contributed by atoms with Crippen LogP contribution in [-0.2, 0) is 16.1 Å². The zero-order chi connectivity index (χ0) is 18.7. The second-order valence-electron chi connectivity index (χ2n) is 6.80. The minimum absolute atomic E-state index is 0.0183. The molecule has 8 heteroatoms. The maximum atomic E-state index is 12.4. The zero-order valence-corrected chi connectivity index (χ0v) is 14.3. The van der Waals surface area contributed by atoms with Crippen LogP contribution in [0.15, 0.2) is 33.9 Å². The Morgan fingerprint density at radius 1 is 1.15 bits per heavy atom. The van der Waals surface area contributed by atoms with Crippen molar-refractivity contribution < 1.29 is 14.7 Å². The van der Waals surface area contributed by atoms with Crippen molar-refractivity contribution in [1.82, 2.24) is 15.1 Å². The second kappa shape index (κ2) is 7.15. The zero-order valence-electron chi connectivity index (χ0n) is 14.3. The van der Waals surface area contributed by atoms with Crippen LogP contribution in [0.2, 0.25) is 0 Å². The average molecular weight is 359 g/mol. The number of amides is 1. The summed E-state index contributed by atoms with van der Waals surface area (Å²) in [5.74, 6) is -1.27. The van der Waals surface area contributed by atoms with Crippen molar-refractivity contribution in [1.29, 1.82) is 0 Å². The van der Waals surface area contributed by atoms with Crippen LogP contribution < -0.4 is 16.4 Å². The molecule has 0 saturated heterocycles. The highest BCUT2D eigenvalue weighted by atomic mass is 16.4. The largest absolute Gasteiger partial charge is 0.481 e. The van der Waals surface area contributed by atoms with E-state index in [1.54, 1.807) is 24.3 Å². The SMILES string of the molecule is O=C(O)CC1(NC(=O)CCn2[nH]c(=O)c3ccccc3c2=O)CCCC1. The van der Waals surface area contributed by atoms with E-state index in [4.69, 9.17) is 5.11 Å². The number of aryl methyl sites for hydroxylation is 1. The van der Waals surface area contributed by atoms with Gasteiger partial charge in [0.1, 0.15) is 0 Å². The number of nitrogens with one attached hydrogen (secondary N) is 2. The summed E-state index contributed by atoms with van der Waals surface area (Å²) < 4.78 is 1.13. The third kappa shape index (κ3) is 3.68. The molecule has 0 bridgehead atoms. The fourth-order valence-corrected chi connectivity index (χ4v) is 3.66. The van der Waals surface area contributed by atoms with Gasteiger partial charge in [0, 0.05) is 6.42 Å². The lowest BCUT2D eigenvalue weighted by Crippen LogP contribution is -2.48. The highest BCUT2D eigenvalue weighted by molar-refractivity contribution is 5.80. The molecule has 1 aliphatic rings. The van der Waals surface area contributed by atoms with Gasteiger partial charge in [-0.2, -0.15) is 0 Å². The van der Waals surface area contributed by atoms with E-state index in [9.17, 15) is 19.2 Å². The molecular weight excluding hydrogens is 338 g/mol. The maximum Gasteiger partial charge on any atom is 0.305 e. The Kier molecular flexibility index (Phi) is 4.92. The fourth-order valence-electron chi connectivity index (χ4n) is 3.66. The summed E-state index contributed by atoms with van der Waals surface area (Å²) in [6, 6.07) is 6.50. The Labute approximate surface area is 148 Å². The molecule has 1 aliphatic carbocycles. The molecule has 0 aliphatic heterocycles. The van der Waals surface area contributed by atoms with Crippen molar-refractivity contribution in [2.75, 3.05) is 0 Å². The summed E-state index contributed by atoms with van der Waals surface area (Å²) >= 11 is 0. The smallest absolute Gasteiger partial charge is 0.305 e. The average Bonchev–Trinajstić information content (AvgIpc) is 3.04. The van der Waals surface area contributed by atoms with E-state index >= 15 is 0 Å². The van der Waals surface area contributed by atoms with Gasteiger partial charge in [-0.1, -0.05) is 25.0 Å². The lowest BCUT2D eigenvalue weighted by molar-refractivity contribution is -0.139. The third-order valence-corrected chi connectivity index (χ3v) is 4.90. The van der Waals surface area contributed by atoms with Crippen molar-refractivity contribution in [3.63, 3.8) is 0 Å². The van der Waals surface area contributed by atoms with Crippen molar-refractivity contribution in [2.45, 2.75) is 50.6 Å². The van der Waals surface area contributed by atoms with E-state index in [2.05, 4.69) is 10.4 Å². The molecular formula is C18H21N3O5. The number of fused-ring (bicyclic) bond motifs is 1. The van der Waals surface area contributed by atoms with Crippen LogP contribution in [0.4, 0.5) is 0 Å². The lowest BCUT2D eigenvalue weighted by atomic mass is 9.93. The number of H-pyrrole nitrogens is 1. The maximum absolute atomic E-state index is 12.4. The molecule has 3 rings (SSSR count). The first-order chi connectivity index (χ1) is 12.4. The van der Waals surface area contributed by atoms with Crippen molar-refractivity contribution in [2.24, 2.45) is 0 Å². The number of rotatable bonds is 6. The summed E-state index contributed by atoms with van der Waals surface area (Å²) in [6.45, 7) is 0.0217. The van der Waals surface area contributed by atoms with Crippen LogP contribution >= 0.6 is 0 Å². The van der Waals surface area contributed by atoms with Gasteiger partial charge in [0.05, 0.1) is 29.3 Å². The molecule has 1 heterocycles. The van der Waals surface area contributed by atoms with Gasteiger partial charge in [-0.15, -0.1) is 0 Å². The van der Waals surface area contributed by atoms with E-state index in [0.29, 0.717) is 23.6 Å². The molecule has 0 spiro atoms. The molecule has 3 N–H and O–H groups in total. The van der Waals surface area contributed by atoms with Crippen LogP contribution in [0.3, 0.4) is 0 Å². The second-order valence-corrected chi connectivity index (χ2v) is 6.80. The third-order valence-electron chi connectivity index (χ3n) is 4.90. The number of nitrogens with zero attached hydrogens (tertiary/aromatic N) is 1. The predicted molar refractivity (Wildman–Crippen MR) is 95.0 cm³/mol. The molecule has 0 unspecified atom stereocenters. The number of aliphatic carboxylic acids is 1. The number of hydrogen-bond acceptors (Lipinski definition) is 4. The Balaban J connectivity index is 1.73. The van der Waals surface area contributed by atoms with E-state index in [1.165, 1.54) is 0 Å². The summed E-state index contributed by atoms with van der Waals surface area (Å²) in [4.78, 5) is 47.9. The number of aromatic amines is 1. The normalized spacial score (nSPS) is 15.8. The van der Waals surface area contributed by atoms with Gasteiger partial charge < -0.3 is 10.4 Å². The van der Waals surface area contributed by atoms with E-state index in [-0.39, 0.29) is 30.9 Å². The monoisotopic (exact) mass is 359 g/mol. The molecule has 1 amide bonds. The van der Waals surface area contributed by atoms with Crippen molar-refractivity contribution in [3.05, 3.63) is 45.0 Å². The molecule has 1 aromatic carbocycles. The molecule has 1 saturated carbocycles. The standard InChI is InChI=1S/C18H21N3O5/c22-14(19-18(11-15(23)24)8-3-4-9-18)7-10-21-17(26)13-6-2-1-5-12(13)16(25)20-21/h1-2,5-6H,3-4,7-11H2,(H,19,22)(H,20,25)(H,23,24).